The average Bonchev–Trinajstić information content (AvgIpc) is 2.97. The molecule has 1 aliphatic rings. The lowest BCUT2D eigenvalue weighted by molar-refractivity contribution is 0.0583. The van der Waals surface area contributed by atoms with Crippen LogP contribution in [-0.2, 0) is 11.2 Å². The number of rotatable bonds is 2. The van der Waals surface area contributed by atoms with Crippen LogP contribution in [0.15, 0.2) is 36.8 Å². The first kappa shape index (κ1) is 12.9. The number of benzene rings is 1. The minimum Gasteiger partial charge on any atom is -0.464 e. The third-order valence-corrected chi connectivity index (χ3v) is 4.07. The Morgan fingerprint density at radius 1 is 1.40 bits per heavy atom. The zero-order chi connectivity index (χ0) is 14.3. The third-order valence-electron chi connectivity index (χ3n) is 4.07. The Morgan fingerprint density at radius 3 is 2.90 bits per heavy atom. The summed E-state index contributed by atoms with van der Waals surface area (Å²) in [5.74, 6) is -0.345. The molecule has 3 rings (SSSR count). The van der Waals surface area contributed by atoms with Crippen molar-refractivity contribution in [1.82, 2.24) is 9.55 Å². The average molecular weight is 270 g/mol. The van der Waals surface area contributed by atoms with Crippen LogP contribution in [-0.4, -0.2) is 22.6 Å². The molecule has 2 aromatic rings. The van der Waals surface area contributed by atoms with E-state index >= 15 is 0 Å². The maximum atomic E-state index is 11.9. The molecule has 0 saturated heterocycles. The Balaban J connectivity index is 2.14. The molecule has 0 radical (unpaired) electrons. The van der Waals surface area contributed by atoms with Crippen LogP contribution in [0, 0.1) is 5.41 Å². The summed E-state index contributed by atoms with van der Waals surface area (Å²) in [6.45, 7) is 4.44. The van der Waals surface area contributed by atoms with Crippen LogP contribution in [0.1, 0.15) is 41.5 Å². The summed E-state index contributed by atoms with van der Waals surface area (Å²) in [7, 11) is 1.40. The summed E-state index contributed by atoms with van der Waals surface area (Å²) in [4.78, 5) is 16.0. The van der Waals surface area contributed by atoms with Gasteiger partial charge in [0.2, 0.25) is 0 Å². The molecular formula is C16H18N2O2. The number of aromatic nitrogens is 2. The van der Waals surface area contributed by atoms with Crippen molar-refractivity contribution in [3.63, 3.8) is 0 Å². The van der Waals surface area contributed by atoms with Crippen molar-refractivity contribution in [3.05, 3.63) is 53.6 Å². The van der Waals surface area contributed by atoms with Crippen LogP contribution in [0.25, 0.3) is 0 Å². The number of imidazole rings is 1. The van der Waals surface area contributed by atoms with Gasteiger partial charge in [-0.25, -0.2) is 9.78 Å². The van der Waals surface area contributed by atoms with Crippen LogP contribution in [0.5, 0.6) is 0 Å². The number of nitrogens with zero attached hydrogens (tertiary/aromatic N) is 2. The summed E-state index contributed by atoms with van der Waals surface area (Å²) in [6, 6.07) is 8.51. The molecule has 0 fully saturated rings. The summed E-state index contributed by atoms with van der Waals surface area (Å²) in [5.41, 5.74) is 3.14. The van der Waals surface area contributed by atoms with Crippen molar-refractivity contribution in [3.8, 4) is 0 Å². The van der Waals surface area contributed by atoms with Gasteiger partial charge < -0.3 is 9.30 Å². The molecule has 0 amide bonds. The Kier molecular flexibility index (Phi) is 2.89. The number of esters is 1. The second-order valence-corrected chi connectivity index (χ2v) is 5.94. The van der Waals surface area contributed by atoms with Gasteiger partial charge in [-0.15, -0.1) is 0 Å². The van der Waals surface area contributed by atoms with Gasteiger partial charge in [0.1, 0.15) is 5.69 Å². The van der Waals surface area contributed by atoms with Crippen molar-refractivity contribution in [2.24, 2.45) is 5.41 Å². The molecular weight excluding hydrogens is 252 g/mol. The van der Waals surface area contributed by atoms with E-state index in [0.29, 0.717) is 5.69 Å². The van der Waals surface area contributed by atoms with Gasteiger partial charge in [-0.05, 0) is 23.0 Å². The normalized spacial score (nSPS) is 19.6. The highest BCUT2D eigenvalue weighted by atomic mass is 16.5. The van der Waals surface area contributed by atoms with Crippen LogP contribution in [0.3, 0.4) is 0 Å². The van der Waals surface area contributed by atoms with E-state index in [-0.39, 0.29) is 17.4 Å². The second-order valence-electron chi connectivity index (χ2n) is 5.94. The molecule has 1 aromatic heterocycles. The van der Waals surface area contributed by atoms with E-state index in [9.17, 15) is 4.79 Å². The highest BCUT2D eigenvalue weighted by molar-refractivity contribution is 5.87. The van der Waals surface area contributed by atoms with Gasteiger partial charge in [-0.3, -0.25) is 0 Å². The van der Waals surface area contributed by atoms with E-state index in [4.69, 9.17) is 4.74 Å². The highest BCUT2D eigenvalue weighted by Crippen LogP contribution is 2.47. The van der Waals surface area contributed by atoms with Crippen molar-refractivity contribution in [2.75, 3.05) is 7.11 Å². The number of hydrogen-bond donors (Lipinski definition) is 0. The van der Waals surface area contributed by atoms with Crippen LogP contribution < -0.4 is 0 Å². The van der Waals surface area contributed by atoms with E-state index in [1.54, 1.807) is 12.5 Å². The maximum absolute atomic E-state index is 11.9. The van der Waals surface area contributed by atoms with Crippen molar-refractivity contribution < 1.29 is 9.53 Å². The Labute approximate surface area is 118 Å². The molecule has 1 aliphatic carbocycles. The molecule has 0 N–H and O–H groups in total. The molecule has 1 aromatic carbocycles. The lowest BCUT2D eigenvalue weighted by Gasteiger charge is -2.29. The van der Waals surface area contributed by atoms with Crippen molar-refractivity contribution >= 4 is 5.97 Å². The third kappa shape index (κ3) is 1.83. The molecule has 1 heterocycles. The van der Waals surface area contributed by atoms with E-state index < -0.39 is 0 Å². The van der Waals surface area contributed by atoms with Crippen molar-refractivity contribution in [2.45, 2.75) is 26.3 Å². The van der Waals surface area contributed by atoms with Crippen LogP contribution in [0.2, 0.25) is 0 Å². The quantitative estimate of drug-likeness (QED) is 0.788. The Morgan fingerprint density at radius 2 is 2.15 bits per heavy atom. The second kappa shape index (κ2) is 4.47. The van der Waals surface area contributed by atoms with Gasteiger partial charge in [0, 0.05) is 0 Å². The molecule has 4 heteroatoms. The van der Waals surface area contributed by atoms with E-state index in [2.05, 4.69) is 37.0 Å². The smallest absolute Gasteiger partial charge is 0.356 e. The summed E-state index contributed by atoms with van der Waals surface area (Å²) in [6.07, 6.45) is 4.29. The molecule has 104 valence electrons. The molecule has 0 aliphatic heterocycles. The number of carbonyl (C=O) groups is 1. The summed E-state index contributed by atoms with van der Waals surface area (Å²) < 4.78 is 6.79. The lowest BCUT2D eigenvalue weighted by atomic mass is 9.85. The SMILES string of the molecule is COC(=O)c1cncn1C1c2ccccc2CC1(C)C. The first-order valence-corrected chi connectivity index (χ1v) is 6.72. The number of hydrogen-bond acceptors (Lipinski definition) is 3. The topological polar surface area (TPSA) is 44.1 Å². The molecule has 0 saturated carbocycles. The Bertz CT molecular complexity index is 658. The fourth-order valence-electron chi connectivity index (χ4n) is 3.27. The number of ether oxygens (including phenoxy) is 1. The highest BCUT2D eigenvalue weighted by Gasteiger charge is 2.41. The minimum atomic E-state index is -0.345. The predicted octanol–water partition coefficient (Wildman–Crippen LogP) is 2.84. The molecule has 0 spiro atoms. The molecule has 4 nitrogen and oxygen atoms in total. The van der Waals surface area contributed by atoms with Crippen LogP contribution in [0.4, 0.5) is 0 Å². The Hall–Kier alpha value is -2.10. The van der Waals surface area contributed by atoms with Gasteiger partial charge >= 0.3 is 5.97 Å². The standard InChI is InChI=1S/C16H18N2O2/c1-16(2)8-11-6-4-5-7-12(11)14(16)18-10-17-9-13(18)15(19)20-3/h4-7,9-10,14H,8H2,1-3H3. The van der Waals surface area contributed by atoms with E-state index in [1.807, 2.05) is 10.6 Å². The first-order valence-electron chi connectivity index (χ1n) is 6.72. The van der Waals surface area contributed by atoms with Gasteiger partial charge in [0.25, 0.3) is 0 Å². The summed E-state index contributed by atoms with van der Waals surface area (Å²) >= 11 is 0. The predicted molar refractivity (Wildman–Crippen MR) is 75.6 cm³/mol. The number of methoxy groups -OCH3 is 1. The van der Waals surface area contributed by atoms with Gasteiger partial charge in [-0.2, -0.15) is 0 Å². The van der Waals surface area contributed by atoms with E-state index in [0.717, 1.165) is 6.42 Å². The fourth-order valence-corrected chi connectivity index (χ4v) is 3.27. The van der Waals surface area contributed by atoms with E-state index in [1.165, 1.54) is 18.2 Å². The largest absolute Gasteiger partial charge is 0.464 e. The minimum absolute atomic E-state index is 0.0349. The monoisotopic (exact) mass is 270 g/mol. The maximum Gasteiger partial charge on any atom is 0.356 e. The molecule has 0 bridgehead atoms. The van der Waals surface area contributed by atoms with Crippen LogP contribution >= 0.6 is 0 Å². The first-order chi connectivity index (χ1) is 9.54. The number of fused-ring (bicyclic) bond motifs is 1. The zero-order valence-corrected chi connectivity index (χ0v) is 12.0. The summed E-state index contributed by atoms with van der Waals surface area (Å²) in [5, 5.41) is 0. The molecule has 20 heavy (non-hydrogen) atoms. The fraction of sp³-hybridized carbons (Fsp3) is 0.375. The van der Waals surface area contributed by atoms with Gasteiger partial charge in [-0.1, -0.05) is 38.1 Å². The molecule has 1 unspecified atom stereocenters. The van der Waals surface area contributed by atoms with Gasteiger partial charge in [0.05, 0.1) is 25.7 Å². The van der Waals surface area contributed by atoms with Gasteiger partial charge in [0.15, 0.2) is 0 Å². The zero-order valence-electron chi connectivity index (χ0n) is 12.0. The lowest BCUT2D eigenvalue weighted by Crippen LogP contribution is -2.26. The molecule has 1 atom stereocenters. The number of carbonyl (C=O) groups excluding carboxylic acids is 1. The van der Waals surface area contributed by atoms with Crippen molar-refractivity contribution in [1.29, 1.82) is 0 Å².